The molecule has 0 spiro atoms. The second kappa shape index (κ2) is 8.98. The summed E-state index contributed by atoms with van der Waals surface area (Å²) in [6.45, 7) is 0. The summed E-state index contributed by atoms with van der Waals surface area (Å²) in [7, 11) is -0.665. The number of nitrogens with zero attached hydrogens (tertiary/aromatic N) is 4. The molecule has 0 saturated carbocycles. The topological polar surface area (TPSA) is 75.0 Å². The molecule has 3 rings (SSSR count). The van der Waals surface area contributed by atoms with Gasteiger partial charge in [0.15, 0.2) is 0 Å². The molecule has 8 heteroatoms. The fourth-order valence-corrected chi connectivity index (χ4v) is 3.85. The van der Waals surface area contributed by atoms with E-state index in [0.29, 0.717) is 11.4 Å². The SMILES string of the molecule is CN(C)/C=N/S(=O)(=O)c1cc(N=C(c2ccccc2)c2ccccc2)cnc1Cl. The van der Waals surface area contributed by atoms with Crippen molar-refractivity contribution >= 4 is 39.4 Å². The summed E-state index contributed by atoms with van der Waals surface area (Å²) in [4.78, 5) is 10.0. The molecule has 0 aliphatic carbocycles. The Morgan fingerprint density at radius 2 is 1.55 bits per heavy atom. The van der Waals surface area contributed by atoms with Gasteiger partial charge >= 0.3 is 0 Å². The number of benzene rings is 2. The number of aromatic nitrogens is 1. The van der Waals surface area contributed by atoms with Crippen LogP contribution < -0.4 is 0 Å². The Labute approximate surface area is 175 Å². The molecule has 0 amide bonds. The molecule has 0 unspecified atom stereocenters. The molecule has 2 aromatic carbocycles. The highest BCUT2D eigenvalue weighted by Crippen LogP contribution is 2.27. The van der Waals surface area contributed by atoms with E-state index in [9.17, 15) is 8.42 Å². The maximum atomic E-state index is 12.5. The van der Waals surface area contributed by atoms with Crippen molar-refractivity contribution in [3.8, 4) is 0 Å². The van der Waals surface area contributed by atoms with Crippen LogP contribution in [-0.4, -0.2) is 44.4 Å². The van der Waals surface area contributed by atoms with Crippen LogP contribution in [0.15, 0.2) is 87.2 Å². The summed E-state index contributed by atoms with van der Waals surface area (Å²) < 4.78 is 28.7. The third-order valence-corrected chi connectivity index (χ3v) is 5.47. The average molecular weight is 427 g/mol. The Kier molecular flexibility index (Phi) is 6.41. The number of halogens is 1. The van der Waals surface area contributed by atoms with Crippen LogP contribution in [0.25, 0.3) is 0 Å². The van der Waals surface area contributed by atoms with Gasteiger partial charge in [-0.05, 0) is 6.07 Å². The number of hydrogen-bond donors (Lipinski definition) is 0. The number of hydrogen-bond acceptors (Lipinski definition) is 4. The Morgan fingerprint density at radius 1 is 1.00 bits per heavy atom. The van der Waals surface area contributed by atoms with Crippen molar-refractivity contribution in [2.75, 3.05) is 14.1 Å². The zero-order valence-corrected chi connectivity index (χ0v) is 17.5. The molecular weight excluding hydrogens is 408 g/mol. The van der Waals surface area contributed by atoms with E-state index in [4.69, 9.17) is 11.6 Å². The maximum Gasteiger partial charge on any atom is 0.286 e. The van der Waals surface area contributed by atoms with Gasteiger partial charge in [0.2, 0.25) is 0 Å². The van der Waals surface area contributed by atoms with Crippen molar-refractivity contribution in [1.82, 2.24) is 9.88 Å². The Balaban J connectivity index is 2.12. The fourth-order valence-electron chi connectivity index (χ4n) is 2.49. The van der Waals surface area contributed by atoms with Crippen molar-refractivity contribution < 1.29 is 8.42 Å². The zero-order chi connectivity index (χ0) is 20.9. The molecule has 0 aliphatic rings. The number of aliphatic imine (C=N–C) groups is 1. The molecular formula is C21H19ClN4O2S. The Bertz CT molecular complexity index is 1100. The van der Waals surface area contributed by atoms with Crippen LogP contribution in [0.5, 0.6) is 0 Å². The van der Waals surface area contributed by atoms with Gasteiger partial charge in [0.05, 0.1) is 17.6 Å². The lowest BCUT2D eigenvalue weighted by Gasteiger charge is -2.09. The van der Waals surface area contributed by atoms with Gasteiger partial charge in [-0.3, -0.25) is 0 Å². The van der Waals surface area contributed by atoms with Crippen molar-refractivity contribution in [2.45, 2.75) is 4.90 Å². The summed E-state index contributed by atoms with van der Waals surface area (Å²) >= 11 is 6.04. The van der Waals surface area contributed by atoms with Crippen LogP contribution in [0.3, 0.4) is 0 Å². The highest BCUT2D eigenvalue weighted by atomic mass is 35.5. The summed E-state index contributed by atoms with van der Waals surface area (Å²) in [6, 6.07) is 20.6. The highest BCUT2D eigenvalue weighted by molar-refractivity contribution is 7.90. The Morgan fingerprint density at radius 3 is 2.07 bits per heavy atom. The van der Waals surface area contributed by atoms with E-state index in [2.05, 4.69) is 14.4 Å². The smallest absolute Gasteiger partial charge is 0.286 e. The summed E-state index contributed by atoms with van der Waals surface area (Å²) in [6.07, 6.45) is 2.63. The third-order valence-electron chi connectivity index (χ3n) is 3.82. The Hall–Kier alpha value is -3.03. The van der Waals surface area contributed by atoms with Crippen LogP contribution in [0, 0.1) is 0 Å². The molecule has 0 fully saturated rings. The van der Waals surface area contributed by atoms with Crippen molar-refractivity contribution in [3.63, 3.8) is 0 Å². The van der Waals surface area contributed by atoms with E-state index in [1.165, 1.54) is 23.5 Å². The first kappa shape index (κ1) is 20.7. The van der Waals surface area contributed by atoms with E-state index >= 15 is 0 Å². The molecule has 1 aromatic heterocycles. The molecule has 3 aromatic rings. The minimum Gasteiger partial charge on any atom is -0.368 e. The van der Waals surface area contributed by atoms with E-state index in [1.807, 2.05) is 60.7 Å². The van der Waals surface area contributed by atoms with E-state index in [1.54, 1.807) is 14.1 Å². The number of sulfonamides is 1. The molecule has 1 heterocycles. The standard InChI is InChI=1S/C21H19ClN4O2S/c1-26(2)15-24-29(27,28)19-13-18(14-23-21(19)22)25-20(16-9-5-3-6-10-16)17-11-7-4-8-12-17/h3-15H,1-2H3/b24-15+. The predicted octanol–water partition coefficient (Wildman–Crippen LogP) is 4.18. The van der Waals surface area contributed by atoms with Crippen LogP contribution in [0.4, 0.5) is 5.69 Å². The average Bonchev–Trinajstić information content (AvgIpc) is 2.73. The lowest BCUT2D eigenvalue weighted by atomic mass is 10.0. The lowest BCUT2D eigenvalue weighted by Crippen LogP contribution is -2.10. The number of rotatable bonds is 6. The van der Waals surface area contributed by atoms with Crippen molar-refractivity contribution in [1.29, 1.82) is 0 Å². The number of pyridine rings is 1. The van der Waals surface area contributed by atoms with E-state index < -0.39 is 10.0 Å². The fraction of sp³-hybridized carbons (Fsp3) is 0.0952. The second-order valence-electron chi connectivity index (χ2n) is 6.33. The van der Waals surface area contributed by atoms with E-state index in [-0.39, 0.29) is 10.0 Å². The van der Waals surface area contributed by atoms with Gasteiger partial charge in [-0.2, -0.15) is 8.42 Å². The zero-order valence-electron chi connectivity index (χ0n) is 15.9. The second-order valence-corrected chi connectivity index (χ2v) is 8.29. The van der Waals surface area contributed by atoms with Gasteiger partial charge in [0.1, 0.15) is 16.4 Å². The van der Waals surface area contributed by atoms with Gasteiger partial charge < -0.3 is 4.90 Å². The monoisotopic (exact) mass is 426 g/mol. The van der Waals surface area contributed by atoms with Crippen LogP contribution in [0.2, 0.25) is 5.15 Å². The normalized spacial score (nSPS) is 11.4. The third kappa shape index (κ3) is 5.28. The van der Waals surface area contributed by atoms with E-state index in [0.717, 1.165) is 11.1 Å². The quantitative estimate of drug-likeness (QED) is 0.336. The summed E-state index contributed by atoms with van der Waals surface area (Å²) in [5.74, 6) is 0. The minimum atomic E-state index is -4.01. The van der Waals surface area contributed by atoms with Gasteiger partial charge in [0.25, 0.3) is 10.0 Å². The molecule has 0 N–H and O–H groups in total. The summed E-state index contributed by atoms with van der Waals surface area (Å²) in [5, 5.41) is -0.152. The molecule has 29 heavy (non-hydrogen) atoms. The lowest BCUT2D eigenvalue weighted by molar-refractivity contribution is 0.594. The van der Waals surface area contributed by atoms with Crippen LogP contribution in [-0.2, 0) is 10.0 Å². The highest BCUT2D eigenvalue weighted by Gasteiger charge is 2.19. The minimum absolute atomic E-state index is 0.152. The van der Waals surface area contributed by atoms with Gasteiger partial charge in [-0.1, -0.05) is 72.3 Å². The maximum absolute atomic E-state index is 12.5. The molecule has 6 nitrogen and oxygen atoms in total. The largest absolute Gasteiger partial charge is 0.368 e. The van der Waals surface area contributed by atoms with Gasteiger partial charge in [-0.25, -0.2) is 9.98 Å². The molecule has 148 valence electrons. The first-order valence-corrected chi connectivity index (χ1v) is 10.5. The van der Waals surface area contributed by atoms with Crippen molar-refractivity contribution in [3.05, 3.63) is 89.2 Å². The first-order valence-electron chi connectivity index (χ1n) is 8.69. The van der Waals surface area contributed by atoms with Crippen LogP contribution in [0.1, 0.15) is 11.1 Å². The molecule has 0 saturated heterocycles. The molecule has 0 atom stereocenters. The molecule has 0 radical (unpaired) electrons. The summed E-state index contributed by atoms with van der Waals surface area (Å²) in [5.41, 5.74) is 2.83. The molecule has 0 bridgehead atoms. The first-order chi connectivity index (χ1) is 13.9. The van der Waals surface area contributed by atoms with Crippen LogP contribution >= 0.6 is 11.6 Å². The molecule has 0 aliphatic heterocycles. The van der Waals surface area contributed by atoms with Gasteiger partial charge in [-0.15, -0.1) is 4.40 Å². The predicted molar refractivity (Wildman–Crippen MR) is 117 cm³/mol. The van der Waals surface area contributed by atoms with Gasteiger partial charge in [0, 0.05) is 25.2 Å². The van der Waals surface area contributed by atoms with Crippen molar-refractivity contribution in [2.24, 2.45) is 9.39 Å².